The van der Waals surface area contributed by atoms with Crippen molar-refractivity contribution in [1.82, 2.24) is 4.98 Å². The van der Waals surface area contributed by atoms with Gasteiger partial charge in [-0.3, -0.25) is 0 Å². The van der Waals surface area contributed by atoms with Gasteiger partial charge in [0.05, 0.1) is 15.1 Å². The molecule has 7 heteroatoms. The molecular weight excluding hydrogens is 344 g/mol. The third-order valence-electron chi connectivity index (χ3n) is 2.38. The van der Waals surface area contributed by atoms with E-state index in [1.54, 1.807) is 18.2 Å². The Kier molecular flexibility index (Phi) is 4.76. The van der Waals surface area contributed by atoms with Crippen LogP contribution in [0.5, 0.6) is 5.75 Å². The number of aryl methyl sites for hydroxylation is 1. The molecule has 20 heavy (non-hydrogen) atoms. The summed E-state index contributed by atoms with van der Waals surface area (Å²) >= 11 is 23.3. The molecule has 0 radical (unpaired) electrons. The Morgan fingerprint density at radius 1 is 1.10 bits per heavy atom. The van der Waals surface area contributed by atoms with Gasteiger partial charge in [0.1, 0.15) is 10.9 Å². The van der Waals surface area contributed by atoms with Gasteiger partial charge < -0.3 is 4.74 Å². The van der Waals surface area contributed by atoms with Gasteiger partial charge in [0.2, 0.25) is 0 Å². The number of rotatable bonds is 2. The number of halogens is 4. The van der Waals surface area contributed by atoms with Crippen LogP contribution in [0, 0.1) is 6.92 Å². The van der Waals surface area contributed by atoms with E-state index in [9.17, 15) is 4.79 Å². The van der Waals surface area contributed by atoms with Crippen LogP contribution >= 0.6 is 46.4 Å². The van der Waals surface area contributed by atoms with E-state index in [1.807, 2.05) is 13.0 Å². The minimum atomic E-state index is -0.763. The molecule has 0 unspecified atom stereocenters. The Hall–Kier alpha value is -1.000. The van der Waals surface area contributed by atoms with Crippen molar-refractivity contribution in [1.29, 1.82) is 0 Å². The molecule has 1 aromatic heterocycles. The van der Waals surface area contributed by atoms with Crippen LogP contribution in [0.3, 0.4) is 0 Å². The van der Waals surface area contributed by atoms with Gasteiger partial charge in [-0.2, -0.15) is 0 Å². The lowest BCUT2D eigenvalue weighted by molar-refractivity contribution is 0.0729. The molecule has 0 atom stereocenters. The Morgan fingerprint density at radius 3 is 2.45 bits per heavy atom. The lowest BCUT2D eigenvalue weighted by atomic mass is 10.2. The molecular formula is C13H7Cl4NO2. The molecule has 104 valence electrons. The Balaban J connectivity index is 2.35. The molecule has 2 rings (SSSR count). The van der Waals surface area contributed by atoms with Crippen molar-refractivity contribution in [3.63, 3.8) is 0 Å². The predicted molar refractivity (Wildman–Crippen MR) is 80.4 cm³/mol. The molecule has 0 bridgehead atoms. The van der Waals surface area contributed by atoms with Crippen LogP contribution in [-0.4, -0.2) is 11.0 Å². The molecule has 1 aromatic carbocycles. The Labute approximate surface area is 135 Å². The highest BCUT2D eigenvalue weighted by Crippen LogP contribution is 2.36. The summed E-state index contributed by atoms with van der Waals surface area (Å²) in [5.74, 6) is -0.392. The highest BCUT2D eigenvalue weighted by atomic mass is 35.5. The van der Waals surface area contributed by atoms with Crippen molar-refractivity contribution in [2.75, 3.05) is 0 Å². The summed E-state index contributed by atoms with van der Waals surface area (Å²) in [6, 6.07) is 6.97. The molecule has 2 aromatic rings. The summed E-state index contributed by atoms with van der Waals surface area (Å²) in [6.45, 7) is 1.87. The van der Waals surface area contributed by atoms with Crippen LogP contribution in [-0.2, 0) is 0 Å². The van der Waals surface area contributed by atoms with Gasteiger partial charge in [0, 0.05) is 0 Å². The molecule has 0 amide bonds. The first-order valence-electron chi connectivity index (χ1n) is 5.39. The van der Waals surface area contributed by atoms with Crippen LogP contribution in [0.25, 0.3) is 0 Å². The van der Waals surface area contributed by atoms with E-state index in [2.05, 4.69) is 4.98 Å². The SMILES string of the molecule is Cc1cccc(OC(=O)c2nc(Cl)c(Cl)c(Cl)c2Cl)c1. The van der Waals surface area contributed by atoms with E-state index in [0.29, 0.717) is 5.75 Å². The largest absolute Gasteiger partial charge is 0.422 e. The van der Waals surface area contributed by atoms with Crippen LogP contribution in [0.4, 0.5) is 0 Å². The lowest BCUT2D eigenvalue weighted by Gasteiger charge is -2.08. The second-order valence-electron chi connectivity index (χ2n) is 3.90. The van der Waals surface area contributed by atoms with Crippen molar-refractivity contribution in [2.45, 2.75) is 6.92 Å². The first-order chi connectivity index (χ1) is 9.40. The van der Waals surface area contributed by atoms with E-state index in [0.717, 1.165) is 5.56 Å². The fraction of sp³-hybridized carbons (Fsp3) is 0.0769. The number of carbonyl (C=O) groups excluding carboxylic acids is 1. The second kappa shape index (κ2) is 6.19. The first-order valence-corrected chi connectivity index (χ1v) is 6.90. The minimum Gasteiger partial charge on any atom is -0.422 e. The van der Waals surface area contributed by atoms with Crippen molar-refractivity contribution < 1.29 is 9.53 Å². The number of pyridine rings is 1. The zero-order chi connectivity index (χ0) is 14.9. The van der Waals surface area contributed by atoms with Gasteiger partial charge in [-0.05, 0) is 24.6 Å². The zero-order valence-corrected chi connectivity index (χ0v) is 13.1. The monoisotopic (exact) mass is 349 g/mol. The molecule has 1 heterocycles. The molecule has 0 fully saturated rings. The maximum absolute atomic E-state index is 12.0. The molecule has 0 saturated carbocycles. The number of hydrogen-bond acceptors (Lipinski definition) is 3. The third-order valence-corrected chi connectivity index (χ3v) is 4.06. The molecule has 0 spiro atoms. The van der Waals surface area contributed by atoms with Gasteiger partial charge in [-0.1, -0.05) is 58.5 Å². The van der Waals surface area contributed by atoms with Gasteiger partial charge in [0.25, 0.3) is 0 Å². The lowest BCUT2D eigenvalue weighted by Crippen LogP contribution is -2.12. The normalized spacial score (nSPS) is 10.4. The van der Waals surface area contributed by atoms with Crippen LogP contribution < -0.4 is 4.74 Å². The number of esters is 1. The van der Waals surface area contributed by atoms with Crippen molar-refractivity contribution in [2.24, 2.45) is 0 Å². The highest BCUT2D eigenvalue weighted by Gasteiger charge is 2.21. The molecule has 3 nitrogen and oxygen atoms in total. The fourth-order valence-electron chi connectivity index (χ4n) is 1.46. The minimum absolute atomic E-state index is 0.00885. The van der Waals surface area contributed by atoms with Crippen LogP contribution in [0.1, 0.15) is 16.1 Å². The van der Waals surface area contributed by atoms with E-state index in [-0.39, 0.29) is 25.9 Å². The van der Waals surface area contributed by atoms with Crippen molar-refractivity contribution in [3.8, 4) is 5.75 Å². The summed E-state index contributed by atoms with van der Waals surface area (Å²) in [6.07, 6.45) is 0. The predicted octanol–water partition coefficient (Wildman–Crippen LogP) is 5.22. The summed E-state index contributed by atoms with van der Waals surface area (Å²) in [5, 5.41) is -0.258. The number of ether oxygens (including phenoxy) is 1. The fourth-order valence-corrected chi connectivity index (χ4v) is 2.26. The topological polar surface area (TPSA) is 39.2 Å². The molecule has 0 aliphatic rings. The highest BCUT2D eigenvalue weighted by molar-refractivity contribution is 6.52. The number of aromatic nitrogens is 1. The summed E-state index contributed by atoms with van der Waals surface area (Å²) in [4.78, 5) is 15.8. The first kappa shape index (κ1) is 15.4. The molecule has 0 saturated heterocycles. The smallest absolute Gasteiger partial charge is 0.364 e. The van der Waals surface area contributed by atoms with Gasteiger partial charge >= 0.3 is 5.97 Å². The van der Waals surface area contributed by atoms with Gasteiger partial charge in [0.15, 0.2) is 5.69 Å². The Bertz CT molecular complexity index is 688. The number of hydrogen-bond donors (Lipinski definition) is 0. The number of carbonyl (C=O) groups is 1. The molecule has 0 aliphatic heterocycles. The van der Waals surface area contributed by atoms with Crippen LogP contribution in [0.2, 0.25) is 20.2 Å². The van der Waals surface area contributed by atoms with Crippen molar-refractivity contribution in [3.05, 3.63) is 55.7 Å². The van der Waals surface area contributed by atoms with Crippen LogP contribution in [0.15, 0.2) is 24.3 Å². The maximum Gasteiger partial charge on any atom is 0.364 e. The Morgan fingerprint density at radius 2 is 1.80 bits per heavy atom. The quantitative estimate of drug-likeness (QED) is 0.423. The number of nitrogens with zero attached hydrogens (tertiary/aromatic N) is 1. The standard InChI is InChI=1S/C13H7Cl4NO2/c1-6-3-2-4-7(5-6)20-13(19)11-9(15)8(14)10(16)12(17)18-11/h2-5H,1H3. The summed E-state index contributed by atoms with van der Waals surface area (Å²) in [5.41, 5.74) is 0.758. The maximum atomic E-state index is 12.0. The average Bonchev–Trinajstić information content (AvgIpc) is 2.40. The van der Waals surface area contributed by atoms with E-state index in [4.69, 9.17) is 51.1 Å². The van der Waals surface area contributed by atoms with E-state index >= 15 is 0 Å². The second-order valence-corrected chi connectivity index (χ2v) is 5.39. The summed E-state index contributed by atoms with van der Waals surface area (Å²) in [7, 11) is 0. The van der Waals surface area contributed by atoms with E-state index in [1.165, 1.54) is 0 Å². The molecule has 0 N–H and O–H groups in total. The zero-order valence-electron chi connectivity index (χ0n) is 10.1. The van der Waals surface area contributed by atoms with E-state index < -0.39 is 5.97 Å². The van der Waals surface area contributed by atoms with Gasteiger partial charge in [-0.25, -0.2) is 9.78 Å². The third kappa shape index (κ3) is 3.18. The summed E-state index contributed by atoms with van der Waals surface area (Å²) < 4.78 is 5.17. The average molecular weight is 351 g/mol. The number of benzene rings is 1. The van der Waals surface area contributed by atoms with Gasteiger partial charge in [-0.15, -0.1) is 0 Å². The molecule has 0 aliphatic carbocycles. The van der Waals surface area contributed by atoms with Crippen molar-refractivity contribution >= 4 is 52.4 Å².